The van der Waals surface area contributed by atoms with E-state index in [0.29, 0.717) is 40.9 Å². The number of fused-ring (bicyclic) bond motifs is 5. The van der Waals surface area contributed by atoms with E-state index in [1.807, 2.05) is 0 Å². The number of aliphatic hydroxyl groups excluding tert-OH is 3. The van der Waals surface area contributed by atoms with Gasteiger partial charge in [0.15, 0.2) is 0 Å². The van der Waals surface area contributed by atoms with Crippen LogP contribution in [0.4, 0.5) is 0 Å². The van der Waals surface area contributed by atoms with Gasteiger partial charge in [-0.25, -0.2) is 0 Å². The molecular formula is C23H40O3S. The lowest BCUT2D eigenvalue weighted by atomic mass is 9.44. The molecule has 0 bridgehead atoms. The van der Waals surface area contributed by atoms with Gasteiger partial charge in [-0.05, 0) is 103 Å². The van der Waals surface area contributed by atoms with Gasteiger partial charge in [0.2, 0.25) is 0 Å². The van der Waals surface area contributed by atoms with Gasteiger partial charge >= 0.3 is 0 Å². The van der Waals surface area contributed by atoms with E-state index in [1.54, 1.807) is 0 Å². The second kappa shape index (κ2) is 7.49. The van der Waals surface area contributed by atoms with E-state index in [-0.39, 0.29) is 24.2 Å². The van der Waals surface area contributed by atoms with Crippen LogP contribution in [-0.2, 0) is 0 Å². The zero-order valence-corrected chi connectivity index (χ0v) is 18.3. The van der Waals surface area contributed by atoms with E-state index in [2.05, 4.69) is 32.5 Å². The summed E-state index contributed by atoms with van der Waals surface area (Å²) in [6, 6.07) is 0. The van der Waals surface area contributed by atoms with E-state index in [0.717, 1.165) is 32.1 Å². The molecule has 3 nitrogen and oxygen atoms in total. The van der Waals surface area contributed by atoms with Crippen molar-refractivity contribution in [3.05, 3.63) is 0 Å². The molecule has 4 heteroatoms. The Balaban J connectivity index is 1.63. The Morgan fingerprint density at radius 2 is 1.89 bits per heavy atom. The molecular weight excluding hydrogens is 356 g/mol. The summed E-state index contributed by atoms with van der Waals surface area (Å²) in [5.74, 6) is 5.41. The van der Waals surface area contributed by atoms with Crippen LogP contribution in [-0.4, -0.2) is 45.6 Å². The van der Waals surface area contributed by atoms with Crippen molar-refractivity contribution in [3.8, 4) is 0 Å². The van der Waals surface area contributed by atoms with Gasteiger partial charge in [-0.3, -0.25) is 0 Å². The first kappa shape index (κ1) is 20.5. The summed E-state index contributed by atoms with van der Waals surface area (Å²) in [7, 11) is 0. The fraction of sp³-hybridized carbons (Fsp3) is 1.00. The van der Waals surface area contributed by atoms with E-state index in [1.165, 1.54) is 24.3 Å². The van der Waals surface area contributed by atoms with Gasteiger partial charge in [0.1, 0.15) is 0 Å². The van der Waals surface area contributed by atoms with Crippen molar-refractivity contribution in [2.75, 3.05) is 18.1 Å². The Hall–Kier alpha value is 0.230. The van der Waals surface area contributed by atoms with Gasteiger partial charge in [-0.1, -0.05) is 20.8 Å². The predicted molar refractivity (Wildman–Crippen MR) is 112 cm³/mol. The minimum absolute atomic E-state index is 0.0658. The molecule has 4 rings (SSSR count). The molecule has 3 N–H and O–H groups in total. The van der Waals surface area contributed by atoms with Crippen LogP contribution in [0.1, 0.15) is 65.7 Å². The fourth-order valence-corrected chi connectivity index (χ4v) is 9.79. The number of thioether (sulfide) groups is 1. The summed E-state index contributed by atoms with van der Waals surface area (Å²) >= 11 is 2.06. The third-order valence-corrected chi connectivity index (χ3v) is 11.0. The summed E-state index contributed by atoms with van der Waals surface area (Å²) in [4.78, 5) is 0. The standard InChI is InChI=1S/C23H40O3S/c1-14(5-4-9-24)16-6-7-17-21-18(12-20(26)23(16,17)3)22(2)8-10-27-13-15(22)11-19(21)25/h14-21,24-26H,4-13H2,1-3H3/t14-,15-,16-,17+,18+,19-,20+,21+,22+,23-/m1/s1. The van der Waals surface area contributed by atoms with Gasteiger partial charge in [0, 0.05) is 6.61 Å². The maximum atomic E-state index is 11.5. The number of rotatable bonds is 4. The molecule has 0 spiro atoms. The van der Waals surface area contributed by atoms with Gasteiger partial charge in [-0.2, -0.15) is 11.8 Å². The maximum Gasteiger partial charge on any atom is 0.0602 e. The van der Waals surface area contributed by atoms with Gasteiger partial charge in [0.25, 0.3) is 0 Å². The normalized spacial score (nSPS) is 53.3. The molecule has 156 valence electrons. The molecule has 3 saturated carbocycles. The van der Waals surface area contributed by atoms with Gasteiger partial charge < -0.3 is 15.3 Å². The smallest absolute Gasteiger partial charge is 0.0602 e. The molecule has 0 aromatic rings. The summed E-state index contributed by atoms with van der Waals surface area (Å²) in [6.07, 6.45) is 6.92. The quantitative estimate of drug-likeness (QED) is 0.673. The van der Waals surface area contributed by atoms with Crippen molar-refractivity contribution >= 4 is 11.8 Å². The first-order valence-electron chi connectivity index (χ1n) is 11.4. The van der Waals surface area contributed by atoms with Gasteiger partial charge in [-0.15, -0.1) is 0 Å². The Morgan fingerprint density at radius 3 is 2.63 bits per heavy atom. The first-order valence-corrected chi connectivity index (χ1v) is 12.5. The summed E-state index contributed by atoms with van der Waals surface area (Å²) < 4.78 is 0. The van der Waals surface area contributed by atoms with Crippen molar-refractivity contribution in [3.63, 3.8) is 0 Å². The second-order valence-electron chi connectivity index (χ2n) is 10.8. The largest absolute Gasteiger partial charge is 0.396 e. The number of hydrogen-bond acceptors (Lipinski definition) is 4. The van der Waals surface area contributed by atoms with Crippen molar-refractivity contribution < 1.29 is 15.3 Å². The molecule has 27 heavy (non-hydrogen) atoms. The Kier molecular flexibility index (Phi) is 5.68. The third-order valence-electron chi connectivity index (χ3n) is 9.87. The van der Waals surface area contributed by atoms with Crippen molar-refractivity contribution in [1.29, 1.82) is 0 Å². The van der Waals surface area contributed by atoms with Crippen molar-refractivity contribution in [2.45, 2.75) is 77.9 Å². The first-order chi connectivity index (χ1) is 12.8. The molecule has 4 aliphatic rings. The molecule has 0 aromatic carbocycles. The lowest BCUT2D eigenvalue weighted by Gasteiger charge is -2.63. The fourth-order valence-electron chi connectivity index (χ4n) is 8.23. The molecule has 0 radical (unpaired) electrons. The monoisotopic (exact) mass is 396 g/mol. The van der Waals surface area contributed by atoms with Crippen LogP contribution in [0.5, 0.6) is 0 Å². The summed E-state index contributed by atoms with van der Waals surface area (Å²) in [5.41, 5.74) is 0.238. The molecule has 4 fully saturated rings. The summed E-state index contributed by atoms with van der Waals surface area (Å²) in [5, 5.41) is 32.0. The zero-order valence-electron chi connectivity index (χ0n) is 17.4. The molecule has 0 amide bonds. The number of hydrogen-bond donors (Lipinski definition) is 3. The molecule has 1 aliphatic heterocycles. The highest BCUT2D eigenvalue weighted by atomic mass is 32.2. The van der Waals surface area contributed by atoms with Crippen LogP contribution in [0.15, 0.2) is 0 Å². The molecule has 3 aliphatic carbocycles. The molecule has 10 atom stereocenters. The minimum Gasteiger partial charge on any atom is -0.396 e. The van der Waals surface area contributed by atoms with E-state index < -0.39 is 0 Å². The predicted octanol–water partition coefficient (Wildman–Crippen LogP) is 3.95. The molecule has 0 aromatic heterocycles. The third kappa shape index (κ3) is 3.04. The molecule has 0 unspecified atom stereocenters. The van der Waals surface area contributed by atoms with Crippen molar-refractivity contribution in [1.82, 2.24) is 0 Å². The van der Waals surface area contributed by atoms with Crippen LogP contribution >= 0.6 is 11.8 Å². The highest BCUT2D eigenvalue weighted by molar-refractivity contribution is 7.99. The second-order valence-corrected chi connectivity index (χ2v) is 11.9. The highest BCUT2D eigenvalue weighted by Gasteiger charge is 2.65. The SMILES string of the molecule is C[C@H](CCCO)[C@H]1CC[C@H]2[C@@H]3[C@H](O)C[C@@H]4CSCC[C@]4(C)[C@H]3C[C@H](O)[C@]12C. The lowest BCUT2D eigenvalue weighted by molar-refractivity contribution is -0.192. The highest BCUT2D eigenvalue weighted by Crippen LogP contribution is 2.68. The Labute approximate surface area is 169 Å². The Morgan fingerprint density at radius 1 is 1.11 bits per heavy atom. The van der Waals surface area contributed by atoms with Crippen LogP contribution < -0.4 is 0 Å². The van der Waals surface area contributed by atoms with E-state index >= 15 is 0 Å². The minimum atomic E-state index is -0.245. The topological polar surface area (TPSA) is 60.7 Å². The lowest BCUT2D eigenvalue weighted by Crippen LogP contribution is -2.62. The molecule has 1 heterocycles. The zero-order chi connectivity index (χ0) is 19.4. The van der Waals surface area contributed by atoms with Crippen LogP contribution in [0.2, 0.25) is 0 Å². The van der Waals surface area contributed by atoms with Crippen LogP contribution in [0, 0.1) is 46.3 Å². The average Bonchev–Trinajstić information content (AvgIpc) is 3.00. The van der Waals surface area contributed by atoms with Crippen LogP contribution in [0.25, 0.3) is 0 Å². The molecule has 1 saturated heterocycles. The van der Waals surface area contributed by atoms with E-state index in [9.17, 15) is 15.3 Å². The van der Waals surface area contributed by atoms with E-state index in [4.69, 9.17) is 0 Å². The van der Waals surface area contributed by atoms with Crippen molar-refractivity contribution in [2.24, 2.45) is 46.3 Å². The average molecular weight is 397 g/mol. The van der Waals surface area contributed by atoms with Gasteiger partial charge in [0.05, 0.1) is 12.2 Å². The Bertz CT molecular complexity index is 542. The summed E-state index contributed by atoms with van der Waals surface area (Å²) in [6.45, 7) is 7.40. The van der Waals surface area contributed by atoms with Crippen LogP contribution in [0.3, 0.4) is 0 Å². The maximum absolute atomic E-state index is 11.5. The number of aliphatic hydroxyl groups is 3.